The van der Waals surface area contributed by atoms with Gasteiger partial charge in [0.15, 0.2) is 0 Å². The molecule has 0 fully saturated rings. The van der Waals surface area contributed by atoms with Crippen LogP contribution < -0.4 is 5.32 Å². The second-order valence-corrected chi connectivity index (χ2v) is 3.59. The Bertz CT molecular complexity index is 358. The summed E-state index contributed by atoms with van der Waals surface area (Å²) < 4.78 is 0. The molecule has 0 saturated carbocycles. The summed E-state index contributed by atoms with van der Waals surface area (Å²) in [6.45, 7) is 4.22. The molecule has 0 spiro atoms. The van der Waals surface area contributed by atoms with Crippen molar-refractivity contribution in [2.24, 2.45) is 0 Å². The van der Waals surface area contributed by atoms with Crippen molar-refractivity contribution in [3.8, 4) is 0 Å². The lowest BCUT2D eigenvalue weighted by Gasteiger charge is -2.13. The highest BCUT2D eigenvalue weighted by Gasteiger charge is 2.04. The van der Waals surface area contributed by atoms with Crippen LogP contribution >= 0.6 is 0 Å². The average Bonchev–Trinajstić information content (AvgIpc) is 2.20. The van der Waals surface area contributed by atoms with Gasteiger partial charge in [-0.2, -0.15) is 0 Å². The molecule has 0 radical (unpaired) electrons. The van der Waals surface area contributed by atoms with E-state index in [-0.39, 0.29) is 5.91 Å². The molecule has 0 aliphatic carbocycles. The van der Waals surface area contributed by atoms with Crippen LogP contribution in [0.5, 0.6) is 0 Å². The van der Waals surface area contributed by atoms with Crippen LogP contribution in [-0.2, 0) is 11.3 Å². The first-order valence-electron chi connectivity index (χ1n) is 4.79. The predicted molar refractivity (Wildman–Crippen MR) is 62.7 cm³/mol. The lowest BCUT2D eigenvalue weighted by Crippen LogP contribution is -2.14. The van der Waals surface area contributed by atoms with Gasteiger partial charge in [0.05, 0.1) is 0 Å². The lowest BCUT2D eigenvalue weighted by molar-refractivity contribution is -0.111. The Labute approximate surface area is 90.4 Å². The van der Waals surface area contributed by atoms with Gasteiger partial charge in [-0.15, -0.1) is 0 Å². The standard InChI is InChI=1S/C12H16N2O/c1-4-12(15)13-11-8-6-5-7-10(11)9-14(2)3/h4-8H,1,9H2,2-3H3,(H,13,15). The first-order valence-corrected chi connectivity index (χ1v) is 4.79. The van der Waals surface area contributed by atoms with Crippen LogP contribution in [0.15, 0.2) is 36.9 Å². The number of para-hydroxylation sites is 1. The van der Waals surface area contributed by atoms with Crippen LogP contribution in [0.3, 0.4) is 0 Å². The van der Waals surface area contributed by atoms with Gasteiger partial charge < -0.3 is 10.2 Å². The van der Waals surface area contributed by atoms with Crippen molar-refractivity contribution >= 4 is 11.6 Å². The van der Waals surface area contributed by atoms with E-state index in [9.17, 15) is 4.79 Å². The van der Waals surface area contributed by atoms with Gasteiger partial charge in [0.2, 0.25) is 5.91 Å². The van der Waals surface area contributed by atoms with E-state index < -0.39 is 0 Å². The molecular formula is C12H16N2O. The van der Waals surface area contributed by atoms with Crippen LogP contribution in [0.25, 0.3) is 0 Å². The smallest absolute Gasteiger partial charge is 0.247 e. The van der Waals surface area contributed by atoms with Gasteiger partial charge in [-0.05, 0) is 31.8 Å². The summed E-state index contributed by atoms with van der Waals surface area (Å²) in [6.07, 6.45) is 1.27. The van der Waals surface area contributed by atoms with Crippen molar-refractivity contribution in [2.75, 3.05) is 19.4 Å². The van der Waals surface area contributed by atoms with Crippen molar-refractivity contribution in [3.63, 3.8) is 0 Å². The van der Waals surface area contributed by atoms with E-state index in [0.717, 1.165) is 17.8 Å². The first kappa shape index (κ1) is 11.5. The summed E-state index contributed by atoms with van der Waals surface area (Å²) in [6, 6.07) is 7.75. The highest BCUT2D eigenvalue weighted by Crippen LogP contribution is 2.16. The van der Waals surface area contributed by atoms with E-state index in [1.807, 2.05) is 38.4 Å². The summed E-state index contributed by atoms with van der Waals surface area (Å²) in [5.74, 6) is -0.179. The highest BCUT2D eigenvalue weighted by molar-refractivity contribution is 5.99. The molecular weight excluding hydrogens is 188 g/mol. The molecule has 1 aromatic carbocycles. The highest BCUT2D eigenvalue weighted by atomic mass is 16.1. The Morgan fingerprint density at radius 2 is 2.13 bits per heavy atom. The second kappa shape index (κ2) is 5.32. The number of carbonyl (C=O) groups is 1. The van der Waals surface area contributed by atoms with E-state index in [1.165, 1.54) is 6.08 Å². The zero-order valence-electron chi connectivity index (χ0n) is 9.16. The Balaban J connectivity index is 2.85. The number of rotatable bonds is 4. The quantitative estimate of drug-likeness (QED) is 0.759. The monoisotopic (exact) mass is 204 g/mol. The van der Waals surface area contributed by atoms with Gasteiger partial charge in [-0.25, -0.2) is 0 Å². The van der Waals surface area contributed by atoms with Crippen LogP contribution in [0.1, 0.15) is 5.56 Å². The van der Waals surface area contributed by atoms with Gasteiger partial charge in [0.25, 0.3) is 0 Å². The Morgan fingerprint density at radius 1 is 1.47 bits per heavy atom. The van der Waals surface area contributed by atoms with Crippen molar-refractivity contribution in [2.45, 2.75) is 6.54 Å². The number of hydrogen-bond acceptors (Lipinski definition) is 2. The molecule has 3 heteroatoms. The van der Waals surface area contributed by atoms with Crippen LogP contribution in [0.2, 0.25) is 0 Å². The maximum Gasteiger partial charge on any atom is 0.247 e. The predicted octanol–water partition coefficient (Wildman–Crippen LogP) is 1.87. The molecule has 0 aliphatic heterocycles. The van der Waals surface area contributed by atoms with E-state index in [4.69, 9.17) is 0 Å². The topological polar surface area (TPSA) is 32.3 Å². The normalized spacial score (nSPS) is 10.1. The molecule has 0 aromatic heterocycles. The minimum absolute atomic E-state index is 0.179. The molecule has 0 unspecified atom stereocenters. The first-order chi connectivity index (χ1) is 7.13. The van der Waals surface area contributed by atoms with Gasteiger partial charge in [0, 0.05) is 12.2 Å². The molecule has 1 rings (SSSR count). The van der Waals surface area contributed by atoms with Crippen molar-refractivity contribution in [3.05, 3.63) is 42.5 Å². The molecule has 80 valence electrons. The third-order valence-electron chi connectivity index (χ3n) is 1.95. The van der Waals surface area contributed by atoms with Crippen LogP contribution in [0.4, 0.5) is 5.69 Å². The van der Waals surface area contributed by atoms with Crippen molar-refractivity contribution in [1.82, 2.24) is 4.90 Å². The fourth-order valence-corrected chi connectivity index (χ4v) is 1.30. The Hall–Kier alpha value is -1.61. The van der Waals surface area contributed by atoms with Gasteiger partial charge in [-0.1, -0.05) is 24.8 Å². The number of anilines is 1. The SMILES string of the molecule is C=CC(=O)Nc1ccccc1CN(C)C. The maximum absolute atomic E-state index is 11.2. The largest absolute Gasteiger partial charge is 0.322 e. The zero-order valence-corrected chi connectivity index (χ0v) is 9.16. The minimum atomic E-state index is -0.179. The van der Waals surface area contributed by atoms with Crippen LogP contribution in [-0.4, -0.2) is 24.9 Å². The number of benzene rings is 1. The summed E-state index contributed by atoms with van der Waals surface area (Å²) in [4.78, 5) is 13.2. The maximum atomic E-state index is 11.2. The molecule has 0 heterocycles. The number of hydrogen-bond donors (Lipinski definition) is 1. The van der Waals surface area contributed by atoms with E-state index >= 15 is 0 Å². The summed E-state index contributed by atoms with van der Waals surface area (Å²) in [7, 11) is 3.98. The number of nitrogens with one attached hydrogen (secondary N) is 1. The molecule has 3 nitrogen and oxygen atoms in total. The fraction of sp³-hybridized carbons (Fsp3) is 0.250. The molecule has 0 bridgehead atoms. The summed E-state index contributed by atoms with van der Waals surface area (Å²) in [5.41, 5.74) is 1.94. The lowest BCUT2D eigenvalue weighted by atomic mass is 10.1. The number of nitrogens with zero attached hydrogens (tertiary/aromatic N) is 1. The summed E-state index contributed by atoms with van der Waals surface area (Å²) >= 11 is 0. The van der Waals surface area contributed by atoms with E-state index in [2.05, 4.69) is 16.8 Å². The Kier molecular flexibility index (Phi) is 4.06. The minimum Gasteiger partial charge on any atom is -0.322 e. The third kappa shape index (κ3) is 3.56. The van der Waals surface area contributed by atoms with Gasteiger partial charge in [0.1, 0.15) is 0 Å². The molecule has 1 amide bonds. The van der Waals surface area contributed by atoms with Crippen molar-refractivity contribution in [1.29, 1.82) is 0 Å². The van der Waals surface area contributed by atoms with Crippen molar-refractivity contribution < 1.29 is 4.79 Å². The second-order valence-electron chi connectivity index (χ2n) is 3.59. The van der Waals surface area contributed by atoms with Gasteiger partial charge in [-0.3, -0.25) is 4.79 Å². The van der Waals surface area contributed by atoms with E-state index in [1.54, 1.807) is 0 Å². The van der Waals surface area contributed by atoms with E-state index in [0.29, 0.717) is 0 Å². The fourth-order valence-electron chi connectivity index (χ4n) is 1.30. The molecule has 0 atom stereocenters. The van der Waals surface area contributed by atoms with Gasteiger partial charge >= 0.3 is 0 Å². The Morgan fingerprint density at radius 3 is 2.73 bits per heavy atom. The van der Waals surface area contributed by atoms with Crippen LogP contribution in [0, 0.1) is 0 Å². The molecule has 0 aliphatic rings. The number of amides is 1. The average molecular weight is 204 g/mol. The number of carbonyl (C=O) groups excluding carboxylic acids is 1. The molecule has 1 N–H and O–H groups in total. The summed E-state index contributed by atoms with van der Waals surface area (Å²) in [5, 5.41) is 2.78. The third-order valence-corrected chi connectivity index (χ3v) is 1.95. The zero-order chi connectivity index (χ0) is 11.3. The molecule has 0 saturated heterocycles. The molecule has 15 heavy (non-hydrogen) atoms. The molecule has 1 aromatic rings.